The highest BCUT2D eigenvalue weighted by molar-refractivity contribution is 5.45. The van der Waals surface area contributed by atoms with Crippen LogP contribution >= 0.6 is 0 Å². The van der Waals surface area contributed by atoms with Gasteiger partial charge in [-0.25, -0.2) is 4.85 Å². The molecule has 1 fully saturated rings. The maximum atomic E-state index is 6.90. The van der Waals surface area contributed by atoms with E-state index < -0.39 is 0 Å². The molecular weight excluding hydrogens is 182 g/mol. The van der Waals surface area contributed by atoms with Gasteiger partial charge in [0.25, 0.3) is 0 Å². The normalized spacial score (nSPS) is 18.7. The molecule has 1 aliphatic rings. The van der Waals surface area contributed by atoms with Crippen LogP contribution in [0, 0.1) is 12.0 Å². The van der Waals surface area contributed by atoms with E-state index in [1.807, 2.05) is 12.1 Å². The molecule has 0 saturated heterocycles. The molecule has 0 radical (unpaired) electrons. The Morgan fingerprint density at radius 2 is 1.80 bits per heavy atom. The van der Waals surface area contributed by atoms with E-state index >= 15 is 0 Å². The van der Waals surface area contributed by atoms with Crippen molar-refractivity contribution in [3.63, 3.8) is 0 Å². The van der Waals surface area contributed by atoms with Gasteiger partial charge in [-0.05, 0) is 30.2 Å². The zero-order valence-corrected chi connectivity index (χ0v) is 9.29. The Bertz CT molecular complexity index is 363. The third-order valence-corrected chi connectivity index (χ3v) is 3.51. The summed E-state index contributed by atoms with van der Waals surface area (Å²) in [4.78, 5) is 3.41. The van der Waals surface area contributed by atoms with Gasteiger partial charge in [-0.2, -0.15) is 0 Å². The second-order valence-corrected chi connectivity index (χ2v) is 4.97. The highest BCUT2D eigenvalue weighted by atomic mass is 14.6. The van der Waals surface area contributed by atoms with Crippen molar-refractivity contribution in [2.75, 3.05) is 0 Å². The minimum absolute atomic E-state index is 0.514. The number of nitrogens with zero attached hydrogens (tertiary/aromatic N) is 1. The van der Waals surface area contributed by atoms with Gasteiger partial charge in [0.05, 0.1) is 6.57 Å². The Hall–Kier alpha value is -1.29. The van der Waals surface area contributed by atoms with Crippen LogP contribution in [-0.2, 0) is 6.42 Å². The maximum Gasteiger partial charge on any atom is 0.187 e. The predicted molar refractivity (Wildman–Crippen MR) is 63.0 cm³/mol. The van der Waals surface area contributed by atoms with Gasteiger partial charge in [0.1, 0.15) is 0 Å². The molecule has 0 bridgehead atoms. The highest BCUT2D eigenvalue weighted by Crippen LogP contribution is 2.40. The number of hydrogen-bond donors (Lipinski definition) is 0. The standard InChI is InChI=1S/C14H17N/c1-14(9-3-4-10-14)11-12-5-7-13(15-2)8-6-12/h5-8H,3-4,9-11H2,1H3. The van der Waals surface area contributed by atoms with Crippen molar-refractivity contribution < 1.29 is 0 Å². The fraction of sp³-hybridized carbons (Fsp3) is 0.500. The fourth-order valence-corrected chi connectivity index (χ4v) is 2.59. The van der Waals surface area contributed by atoms with Crippen LogP contribution in [-0.4, -0.2) is 0 Å². The summed E-state index contributed by atoms with van der Waals surface area (Å²) < 4.78 is 0. The first kappa shape index (κ1) is 10.2. The SMILES string of the molecule is [C-]#[N+]c1ccc(CC2(C)CCCC2)cc1. The summed E-state index contributed by atoms with van der Waals surface area (Å²) in [7, 11) is 0. The largest absolute Gasteiger partial charge is 0.238 e. The lowest BCUT2D eigenvalue weighted by Crippen LogP contribution is -2.14. The smallest absolute Gasteiger partial charge is 0.187 e. The Morgan fingerprint density at radius 3 is 2.33 bits per heavy atom. The highest BCUT2D eigenvalue weighted by Gasteiger charge is 2.28. The first-order chi connectivity index (χ1) is 7.22. The van der Waals surface area contributed by atoms with E-state index in [0.717, 1.165) is 5.69 Å². The van der Waals surface area contributed by atoms with E-state index in [9.17, 15) is 0 Å². The summed E-state index contributed by atoms with van der Waals surface area (Å²) >= 11 is 0. The van der Waals surface area contributed by atoms with Crippen LogP contribution in [0.1, 0.15) is 38.2 Å². The van der Waals surface area contributed by atoms with Gasteiger partial charge in [-0.1, -0.05) is 44.0 Å². The average Bonchev–Trinajstić information content (AvgIpc) is 2.66. The minimum Gasteiger partial charge on any atom is -0.238 e. The molecule has 0 aliphatic heterocycles. The van der Waals surface area contributed by atoms with Gasteiger partial charge in [-0.3, -0.25) is 0 Å². The number of rotatable bonds is 2. The molecular formula is C14H17N. The van der Waals surface area contributed by atoms with Gasteiger partial charge in [0, 0.05) is 0 Å². The summed E-state index contributed by atoms with van der Waals surface area (Å²) in [5.41, 5.74) is 2.64. The Balaban J connectivity index is 2.08. The second kappa shape index (κ2) is 4.06. The van der Waals surface area contributed by atoms with Crippen LogP contribution in [0.3, 0.4) is 0 Å². The number of benzene rings is 1. The molecule has 0 heterocycles. The summed E-state index contributed by atoms with van der Waals surface area (Å²) in [5.74, 6) is 0. The van der Waals surface area contributed by atoms with Crippen LogP contribution in [0.5, 0.6) is 0 Å². The quantitative estimate of drug-likeness (QED) is 0.623. The third-order valence-electron chi connectivity index (χ3n) is 3.51. The Morgan fingerprint density at radius 1 is 1.20 bits per heavy atom. The van der Waals surface area contributed by atoms with E-state index in [2.05, 4.69) is 23.9 Å². The lowest BCUT2D eigenvalue weighted by molar-refractivity contribution is 0.334. The van der Waals surface area contributed by atoms with E-state index in [1.54, 1.807) is 0 Å². The van der Waals surface area contributed by atoms with Crippen LogP contribution in [0.15, 0.2) is 24.3 Å². The molecule has 1 aliphatic carbocycles. The second-order valence-electron chi connectivity index (χ2n) is 4.97. The van der Waals surface area contributed by atoms with Gasteiger partial charge in [-0.15, -0.1) is 0 Å². The summed E-state index contributed by atoms with van der Waals surface area (Å²) in [5, 5.41) is 0. The average molecular weight is 199 g/mol. The van der Waals surface area contributed by atoms with E-state index in [-0.39, 0.29) is 0 Å². The molecule has 0 spiro atoms. The van der Waals surface area contributed by atoms with Crippen molar-refractivity contribution in [2.45, 2.75) is 39.0 Å². The first-order valence-electron chi connectivity index (χ1n) is 5.68. The van der Waals surface area contributed by atoms with Crippen molar-refractivity contribution in [2.24, 2.45) is 5.41 Å². The molecule has 0 unspecified atom stereocenters. The maximum absolute atomic E-state index is 6.90. The van der Waals surface area contributed by atoms with Crippen LogP contribution in [0.4, 0.5) is 5.69 Å². The fourth-order valence-electron chi connectivity index (χ4n) is 2.59. The lowest BCUT2D eigenvalue weighted by Gasteiger charge is -2.23. The molecule has 0 amide bonds. The van der Waals surface area contributed by atoms with Crippen LogP contribution in [0.25, 0.3) is 4.85 Å². The molecule has 1 nitrogen and oxygen atoms in total. The zero-order chi connectivity index (χ0) is 10.7. The molecule has 1 saturated carbocycles. The lowest BCUT2D eigenvalue weighted by atomic mass is 9.82. The zero-order valence-electron chi connectivity index (χ0n) is 9.29. The van der Waals surface area contributed by atoms with Gasteiger partial charge in [0.15, 0.2) is 5.69 Å². The summed E-state index contributed by atoms with van der Waals surface area (Å²) in [6.07, 6.45) is 6.66. The molecule has 15 heavy (non-hydrogen) atoms. The van der Waals surface area contributed by atoms with E-state index in [0.29, 0.717) is 5.41 Å². The van der Waals surface area contributed by atoms with Crippen molar-refractivity contribution in [3.05, 3.63) is 41.2 Å². The van der Waals surface area contributed by atoms with Gasteiger partial charge in [0.2, 0.25) is 0 Å². The van der Waals surface area contributed by atoms with Crippen molar-refractivity contribution in [1.29, 1.82) is 0 Å². The predicted octanol–water partition coefficient (Wildman–Crippen LogP) is 4.36. The first-order valence-corrected chi connectivity index (χ1v) is 5.68. The van der Waals surface area contributed by atoms with Gasteiger partial charge < -0.3 is 0 Å². The summed E-state index contributed by atoms with van der Waals surface area (Å²) in [6, 6.07) is 8.08. The van der Waals surface area contributed by atoms with Gasteiger partial charge >= 0.3 is 0 Å². The Kier molecular flexibility index (Phi) is 2.77. The van der Waals surface area contributed by atoms with Crippen molar-refractivity contribution >= 4 is 5.69 Å². The monoisotopic (exact) mass is 199 g/mol. The molecule has 0 N–H and O–H groups in total. The molecule has 0 aromatic heterocycles. The molecule has 1 heteroatoms. The van der Waals surface area contributed by atoms with Crippen LogP contribution < -0.4 is 0 Å². The minimum atomic E-state index is 0.514. The van der Waals surface area contributed by atoms with Crippen molar-refractivity contribution in [3.8, 4) is 0 Å². The number of hydrogen-bond acceptors (Lipinski definition) is 0. The molecule has 1 aromatic rings. The Labute approximate surface area is 91.9 Å². The molecule has 78 valence electrons. The van der Waals surface area contributed by atoms with Crippen molar-refractivity contribution in [1.82, 2.24) is 0 Å². The van der Waals surface area contributed by atoms with E-state index in [1.165, 1.54) is 37.7 Å². The van der Waals surface area contributed by atoms with E-state index in [4.69, 9.17) is 6.57 Å². The summed E-state index contributed by atoms with van der Waals surface area (Å²) in [6.45, 7) is 9.29. The van der Waals surface area contributed by atoms with Crippen LogP contribution in [0.2, 0.25) is 0 Å². The molecule has 2 rings (SSSR count). The topological polar surface area (TPSA) is 4.36 Å². The third kappa shape index (κ3) is 2.39. The molecule has 0 atom stereocenters. The molecule has 1 aromatic carbocycles.